The predicted molar refractivity (Wildman–Crippen MR) is 144 cm³/mol. The van der Waals surface area contributed by atoms with Crippen LogP contribution in [0, 0.1) is 23.1 Å². The SMILES string of the molecule is CN(c1ccc(-n2nc(NC[C@H]3CCC[C@H](N)C3)cc2-c2ccc(C#N)c(F)c2)cc1)C1CCOCC1. The van der Waals surface area contributed by atoms with Crippen molar-refractivity contribution in [3.8, 4) is 23.0 Å². The van der Waals surface area contributed by atoms with Gasteiger partial charge in [-0.1, -0.05) is 12.5 Å². The fourth-order valence-electron chi connectivity index (χ4n) is 5.51. The van der Waals surface area contributed by atoms with Crippen LogP contribution in [0.15, 0.2) is 48.5 Å². The second kappa shape index (κ2) is 11.3. The van der Waals surface area contributed by atoms with Crippen molar-refractivity contribution in [3.05, 3.63) is 59.9 Å². The molecule has 1 aliphatic carbocycles. The number of anilines is 2. The van der Waals surface area contributed by atoms with E-state index >= 15 is 0 Å². The van der Waals surface area contributed by atoms with E-state index in [-0.39, 0.29) is 11.6 Å². The zero-order valence-corrected chi connectivity index (χ0v) is 21.4. The molecule has 1 aromatic heterocycles. The van der Waals surface area contributed by atoms with Gasteiger partial charge in [-0.05, 0) is 74.4 Å². The summed E-state index contributed by atoms with van der Waals surface area (Å²) in [4.78, 5) is 2.31. The van der Waals surface area contributed by atoms with Gasteiger partial charge in [0.05, 0.1) is 16.9 Å². The predicted octanol–water partition coefficient (Wildman–Crippen LogP) is 5.09. The average molecular weight is 503 g/mol. The highest BCUT2D eigenvalue weighted by Gasteiger charge is 2.21. The lowest BCUT2D eigenvalue weighted by Crippen LogP contribution is -2.36. The molecule has 3 N–H and O–H groups in total. The van der Waals surface area contributed by atoms with Crippen LogP contribution in [0.4, 0.5) is 15.9 Å². The van der Waals surface area contributed by atoms with Gasteiger partial charge in [0.2, 0.25) is 0 Å². The van der Waals surface area contributed by atoms with Crippen LogP contribution in [0.3, 0.4) is 0 Å². The van der Waals surface area contributed by atoms with Gasteiger partial charge >= 0.3 is 0 Å². The number of nitrogens with two attached hydrogens (primary N) is 1. The van der Waals surface area contributed by atoms with Crippen LogP contribution in [0.2, 0.25) is 0 Å². The van der Waals surface area contributed by atoms with Crippen LogP contribution in [-0.4, -0.2) is 48.7 Å². The van der Waals surface area contributed by atoms with Crippen molar-refractivity contribution in [1.82, 2.24) is 9.78 Å². The molecule has 2 aliphatic rings. The summed E-state index contributed by atoms with van der Waals surface area (Å²) in [7, 11) is 2.13. The molecule has 194 valence electrons. The second-order valence-electron chi connectivity index (χ2n) is 10.3. The Morgan fingerprint density at radius 3 is 2.62 bits per heavy atom. The second-order valence-corrected chi connectivity index (χ2v) is 10.3. The molecule has 0 unspecified atom stereocenters. The van der Waals surface area contributed by atoms with Crippen LogP contribution in [0.5, 0.6) is 0 Å². The molecule has 0 amide bonds. The zero-order valence-electron chi connectivity index (χ0n) is 21.4. The number of halogens is 1. The maximum Gasteiger partial charge on any atom is 0.149 e. The van der Waals surface area contributed by atoms with E-state index in [9.17, 15) is 4.39 Å². The van der Waals surface area contributed by atoms with E-state index in [0.29, 0.717) is 17.5 Å². The molecule has 3 aromatic rings. The first-order valence-corrected chi connectivity index (χ1v) is 13.2. The quantitative estimate of drug-likeness (QED) is 0.467. The van der Waals surface area contributed by atoms with E-state index in [2.05, 4.69) is 29.4 Å². The normalized spacial score (nSPS) is 20.4. The minimum absolute atomic E-state index is 0.0299. The van der Waals surface area contributed by atoms with E-state index in [1.807, 2.05) is 29.0 Å². The number of nitriles is 1. The topological polar surface area (TPSA) is 92.1 Å². The summed E-state index contributed by atoms with van der Waals surface area (Å²) in [5.74, 6) is 0.721. The highest BCUT2D eigenvalue weighted by molar-refractivity contribution is 5.67. The molecular formula is C29H35FN6O. The molecule has 7 nitrogen and oxygen atoms in total. The molecule has 2 atom stereocenters. The van der Waals surface area contributed by atoms with Crippen LogP contribution in [-0.2, 0) is 4.74 Å². The van der Waals surface area contributed by atoms with Crippen molar-refractivity contribution in [2.75, 3.05) is 37.0 Å². The van der Waals surface area contributed by atoms with E-state index in [1.54, 1.807) is 6.07 Å². The van der Waals surface area contributed by atoms with Gasteiger partial charge in [0.25, 0.3) is 0 Å². The average Bonchev–Trinajstić information content (AvgIpc) is 3.36. The van der Waals surface area contributed by atoms with Gasteiger partial charge in [-0.3, -0.25) is 0 Å². The van der Waals surface area contributed by atoms with Gasteiger partial charge in [0, 0.05) is 56.2 Å². The molecule has 37 heavy (non-hydrogen) atoms. The first-order valence-electron chi connectivity index (χ1n) is 13.2. The Kier molecular flexibility index (Phi) is 7.73. The Morgan fingerprint density at radius 1 is 1.14 bits per heavy atom. The molecule has 5 rings (SSSR count). The Bertz CT molecular complexity index is 1240. The van der Waals surface area contributed by atoms with Gasteiger partial charge in [0.1, 0.15) is 17.7 Å². The zero-order chi connectivity index (χ0) is 25.8. The molecule has 2 fully saturated rings. The summed E-state index contributed by atoms with van der Waals surface area (Å²) in [6.45, 7) is 2.40. The maximum absolute atomic E-state index is 14.5. The Hall–Kier alpha value is -3.41. The number of nitrogens with zero attached hydrogens (tertiary/aromatic N) is 4. The number of ether oxygens (including phenoxy) is 1. The number of aromatic nitrogens is 2. The third kappa shape index (κ3) is 5.79. The summed E-state index contributed by atoms with van der Waals surface area (Å²) < 4.78 is 21.9. The maximum atomic E-state index is 14.5. The number of rotatable bonds is 7. The van der Waals surface area contributed by atoms with Crippen molar-refractivity contribution >= 4 is 11.5 Å². The van der Waals surface area contributed by atoms with Crippen LogP contribution in [0.25, 0.3) is 16.9 Å². The standard InChI is InChI=1S/C29H35FN6O/c1-35(25-11-13-37-14-12-25)24-7-9-26(10-8-24)36-28(21-5-6-22(18-31)27(30)16-21)17-29(34-36)33-19-20-3-2-4-23(32)15-20/h5-10,16-17,20,23,25H,2-4,11-15,19,32H2,1H3,(H,33,34)/t20-,23-/m0/s1. The molecule has 2 aromatic carbocycles. The number of nitrogens with one attached hydrogen (secondary N) is 1. The molecule has 1 aliphatic heterocycles. The van der Waals surface area contributed by atoms with E-state index in [4.69, 9.17) is 20.8 Å². The van der Waals surface area contributed by atoms with Gasteiger partial charge in [-0.2, -0.15) is 5.26 Å². The van der Waals surface area contributed by atoms with Crippen molar-refractivity contribution in [2.24, 2.45) is 11.7 Å². The van der Waals surface area contributed by atoms with Crippen LogP contribution in [0.1, 0.15) is 44.1 Å². The summed E-state index contributed by atoms with van der Waals surface area (Å²) in [6, 6.07) is 17.6. The largest absolute Gasteiger partial charge is 0.381 e. The number of hydrogen-bond donors (Lipinski definition) is 2. The molecule has 0 bridgehead atoms. The van der Waals surface area contributed by atoms with Crippen LogP contribution < -0.4 is 16.0 Å². The van der Waals surface area contributed by atoms with Gasteiger partial charge in [-0.25, -0.2) is 9.07 Å². The Labute approximate surface area is 218 Å². The lowest BCUT2D eigenvalue weighted by molar-refractivity contribution is 0.0855. The molecule has 0 radical (unpaired) electrons. The fraction of sp³-hybridized carbons (Fsp3) is 0.448. The summed E-state index contributed by atoms with van der Waals surface area (Å²) in [5, 5.41) is 17.5. The molecule has 1 saturated carbocycles. The lowest BCUT2D eigenvalue weighted by Gasteiger charge is -2.33. The van der Waals surface area contributed by atoms with Gasteiger partial charge in [0.15, 0.2) is 0 Å². The minimum atomic E-state index is -0.535. The van der Waals surface area contributed by atoms with Crippen molar-refractivity contribution in [1.29, 1.82) is 5.26 Å². The Balaban J connectivity index is 1.42. The molecule has 8 heteroatoms. The molecule has 1 saturated heterocycles. The van der Waals surface area contributed by atoms with E-state index in [1.165, 1.54) is 12.1 Å². The highest BCUT2D eigenvalue weighted by atomic mass is 19.1. The highest BCUT2D eigenvalue weighted by Crippen LogP contribution is 2.30. The van der Waals surface area contributed by atoms with Gasteiger partial charge < -0.3 is 20.7 Å². The number of hydrogen-bond acceptors (Lipinski definition) is 6. The van der Waals surface area contributed by atoms with Gasteiger partial charge in [-0.15, -0.1) is 5.10 Å². The summed E-state index contributed by atoms with van der Waals surface area (Å²) in [5.41, 5.74) is 9.66. The summed E-state index contributed by atoms with van der Waals surface area (Å²) >= 11 is 0. The summed E-state index contributed by atoms with van der Waals surface area (Å²) in [6.07, 6.45) is 6.48. The monoisotopic (exact) mass is 502 g/mol. The van der Waals surface area contributed by atoms with E-state index in [0.717, 1.165) is 81.2 Å². The Morgan fingerprint density at radius 2 is 1.92 bits per heavy atom. The van der Waals surface area contributed by atoms with Crippen molar-refractivity contribution < 1.29 is 9.13 Å². The minimum Gasteiger partial charge on any atom is -0.381 e. The molecule has 0 spiro atoms. The van der Waals surface area contributed by atoms with E-state index < -0.39 is 5.82 Å². The fourth-order valence-corrected chi connectivity index (χ4v) is 5.51. The van der Waals surface area contributed by atoms with Crippen molar-refractivity contribution in [2.45, 2.75) is 50.6 Å². The molecular weight excluding hydrogens is 467 g/mol. The first-order chi connectivity index (χ1) is 18.0. The first kappa shape index (κ1) is 25.2. The van der Waals surface area contributed by atoms with Crippen molar-refractivity contribution in [3.63, 3.8) is 0 Å². The van der Waals surface area contributed by atoms with Crippen LogP contribution >= 0.6 is 0 Å². The lowest BCUT2D eigenvalue weighted by atomic mass is 9.86. The molecule has 2 heterocycles. The number of benzene rings is 2. The third-order valence-corrected chi connectivity index (χ3v) is 7.73. The third-order valence-electron chi connectivity index (χ3n) is 7.73. The smallest absolute Gasteiger partial charge is 0.149 e.